The van der Waals surface area contributed by atoms with Crippen molar-refractivity contribution in [1.29, 1.82) is 0 Å². The fraction of sp³-hybridized carbons (Fsp3) is 0.250. The number of imidazole rings is 1. The second-order valence-electron chi connectivity index (χ2n) is 6.67. The quantitative estimate of drug-likeness (QED) is 0.406. The summed E-state index contributed by atoms with van der Waals surface area (Å²) in [5.74, 6) is -0.579. The molecular weight excluding hydrogens is 434 g/mol. The topological polar surface area (TPSA) is 64.2 Å². The average Bonchev–Trinajstić information content (AvgIpc) is 3.38. The summed E-state index contributed by atoms with van der Waals surface area (Å²) in [5.41, 5.74) is 0.481. The molecule has 1 aromatic carbocycles. The van der Waals surface area contributed by atoms with Gasteiger partial charge in [-0.15, -0.1) is 12.4 Å². The van der Waals surface area contributed by atoms with E-state index in [1.165, 1.54) is 11.0 Å². The van der Waals surface area contributed by atoms with Crippen molar-refractivity contribution < 1.29 is 18.0 Å². The van der Waals surface area contributed by atoms with Crippen LogP contribution in [0.2, 0.25) is 0 Å². The van der Waals surface area contributed by atoms with Gasteiger partial charge in [0.25, 0.3) is 5.91 Å². The molecule has 0 N–H and O–H groups in total. The number of amides is 1. The van der Waals surface area contributed by atoms with Gasteiger partial charge in [-0.1, -0.05) is 11.3 Å². The normalized spacial score (nSPS) is 10.9. The van der Waals surface area contributed by atoms with Gasteiger partial charge in [0.1, 0.15) is 22.9 Å². The number of fused-ring (bicyclic) bond motifs is 1. The Morgan fingerprint density at radius 3 is 2.73 bits per heavy atom. The lowest BCUT2D eigenvalue weighted by Gasteiger charge is -2.19. The van der Waals surface area contributed by atoms with E-state index >= 15 is 0 Å². The van der Waals surface area contributed by atoms with Crippen LogP contribution in [0, 0.1) is 25.5 Å². The molecule has 30 heavy (non-hydrogen) atoms. The molecule has 6 nitrogen and oxygen atoms in total. The van der Waals surface area contributed by atoms with Crippen LogP contribution in [0.15, 0.2) is 41.3 Å². The van der Waals surface area contributed by atoms with Gasteiger partial charge in [-0.05, 0) is 32.4 Å². The maximum Gasteiger partial charge on any atom is 0.263 e. The number of halogens is 3. The van der Waals surface area contributed by atoms with Crippen LogP contribution in [0.25, 0.3) is 10.2 Å². The van der Waals surface area contributed by atoms with Crippen molar-refractivity contribution in [3.05, 3.63) is 65.6 Å². The maximum atomic E-state index is 14.1. The molecule has 0 radical (unpaired) electrons. The van der Waals surface area contributed by atoms with Crippen LogP contribution < -0.4 is 4.90 Å². The Balaban J connectivity index is 0.00000256. The zero-order valence-electron chi connectivity index (χ0n) is 16.3. The molecule has 0 aliphatic rings. The minimum atomic E-state index is -0.747. The lowest BCUT2D eigenvalue weighted by molar-refractivity contribution is 0.0985. The molecule has 0 saturated carbocycles. The second-order valence-corrected chi connectivity index (χ2v) is 7.68. The third kappa shape index (κ3) is 4.36. The summed E-state index contributed by atoms with van der Waals surface area (Å²) >= 11 is 1.08. The molecule has 158 valence electrons. The molecule has 4 aromatic rings. The predicted octanol–water partition coefficient (Wildman–Crippen LogP) is 5.14. The highest BCUT2D eigenvalue weighted by Gasteiger charge is 2.25. The Bertz CT molecular complexity index is 1170. The number of thiazole rings is 1. The van der Waals surface area contributed by atoms with Crippen LogP contribution in [0.3, 0.4) is 0 Å². The standard InChI is InChI=1S/C20H18F2N4O2S.ClH/c1-12-8-15(13(2)28-12)19(27)26(6-3-5-25-7-4-23-11-25)20-24-18-16(22)9-14(21)10-17(18)29-20;/h4,7-11H,3,5-6H2,1-2H3;1H. The Kier molecular flexibility index (Phi) is 6.52. The van der Waals surface area contributed by atoms with E-state index in [1.54, 1.807) is 32.4 Å². The number of carbonyl (C=O) groups is 1. The third-order valence-electron chi connectivity index (χ3n) is 4.51. The van der Waals surface area contributed by atoms with E-state index in [2.05, 4.69) is 9.97 Å². The van der Waals surface area contributed by atoms with Gasteiger partial charge in [0.15, 0.2) is 10.9 Å². The molecule has 0 aliphatic carbocycles. The Morgan fingerprint density at radius 1 is 1.27 bits per heavy atom. The predicted molar refractivity (Wildman–Crippen MR) is 113 cm³/mol. The van der Waals surface area contributed by atoms with Crippen molar-refractivity contribution in [2.24, 2.45) is 0 Å². The van der Waals surface area contributed by atoms with E-state index in [1.807, 2.05) is 10.8 Å². The van der Waals surface area contributed by atoms with Crippen LogP contribution in [0.1, 0.15) is 28.3 Å². The van der Waals surface area contributed by atoms with Crippen molar-refractivity contribution in [1.82, 2.24) is 14.5 Å². The molecule has 0 aliphatic heterocycles. The molecule has 3 heterocycles. The van der Waals surface area contributed by atoms with Crippen LogP contribution in [-0.4, -0.2) is 27.0 Å². The summed E-state index contributed by atoms with van der Waals surface area (Å²) in [7, 11) is 0. The second kappa shape index (κ2) is 8.93. The molecule has 0 saturated heterocycles. The Labute approximate surface area is 181 Å². The smallest absolute Gasteiger partial charge is 0.263 e. The van der Waals surface area contributed by atoms with E-state index in [-0.39, 0.29) is 23.8 Å². The number of hydrogen-bond acceptors (Lipinski definition) is 5. The zero-order valence-corrected chi connectivity index (χ0v) is 17.9. The number of benzene rings is 1. The molecular formula is C20H19ClF2N4O2S. The van der Waals surface area contributed by atoms with E-state index in [0.29, 0.717) is 46.4 Å². The highest BCUT2D eigenvalue weighted by molar-refractivity contribution is 7.22. The van der Waals surface area contributed by atoms with Crippen molar-refractivity contribution in [3.63, 3.8) is 0 Å². The summed E-state index contributed by atoms with van der Waals surface area (Å²) in [5, 5.41) is 0.318. The molecule has 4 rings (SSSR count). The number of anilines is 1. The first-order chi connectivity index (χ1) is 13.9. The van der Waals surface area contributed by atoms with Gasteiger partial charge < -0.3 is 8.98 Å². The highest BCUT2D eigenvalue weighted by Crippen LogP contribution is 2.32. The lowest BCUT2D eigenvalue weighted by Crippen LogP contribution is -2.32. The van der Waals surface area contributed by atoms with Crippen molar-refractivity contribution >= 4 is 45.0 Å². The lowest BCUT2D eigenvalue weighted by atomic mass is 10.2. The molecule has 0 bridgehead atoms. The molecule has 0 atom stereocenters. The molecule has 0 unspecified atom stereocenters. The number of aromatic nitrogens is 3. The summed E-state index contributed by atoms with van der Waals surface area (Å²) in [4.78, 5) is 23.0. The number of nitrogens with zero attached hydrogens (tertiary/aromatic N) is 4. The number of furan rings is 1. The number of aryl methyl sites for hydroxylation is 3. The number of carbonyl (C=O) groups excluding carboxylic acids is 1. The average molecular weight is 453 g/mol. The van der Waals surface area contributed by atoms with Crippen LogP contribution in [0.5, 0.6) is 0 Å². The third-order valence-corrected chi connectivity index (χ3v) is 5.53. The Morgan fingerprint density at radius 2 is 2.07 bits per heavy atom. The van der Waals surface area contributed by atoms with Gasteiger partial charge in [-0.2, -0.15) is 0 Å². The fourth-order valence-electron chi connectivity index (χ4n) is 3.16. The monoisotopic (exact) mass is 452 g/mol. The van der Waals surface area contributed by atoms with Crippen LogP contribution in [0.4, 0.5) is 13.9 Å². The van der Waals surface area contributed by atoms with Crippen molar-refractivity contribution in [3.8, 4) is 0 Å². The highest BCUT2D eigenvalue weighted by atomic mass is 35.5. The van der Waals surface area contributed by atoms with Crippen LogP contribution in [-0.2, 0) is 6.54 Å². The maximum absolute atomic E-state index is 14.1. The fourth-order valence-corrected chi connectivity index (χ4v) is 4.19. The molecule has 0 spiro atoms. The van der Waals surface area contributed by atoms with E-state index in [4.69, 9.17) is 4.42 Å². The van der Waals surface area contributed by atoms with E-state index in [9.17, 15) is 13.6 Å². The van der Waals surface area contributed by atoms with Gasteiger partial charge >= 0.3 is 0 Å². The zero-order chi connectivity index (χ0) is 20.5. The molecule has 0 fully saturated rings. The van der Waals surface area contributed by atoms with Gasteiger partial charge in [0.05, 0.1) is 16.6 Å². The van der Waals surface area contributed by atoms with Gasteiger partial charge in [0, 0.05) is 31.5 Å². The summed E-state index contributed by atoms with van der Waals surface area (Å²) in [6.45, 7) is 4.49. The number of hydrogen-bond donors (Lipinski definition) is 0. The molecule has 3 aromatic heterocycles. The van der Waals surface area contributed by atoms with Crippen LogP contribution >= 0.6 is 23.7 Å². The van der Waals surface area contributed by atoms with E-state index in [0.717, 1.165) is 17.4 Å². The largest absolute Gasteiger partial charge is 0.466 e. The SMILES string of the molecule is Cc1cc(C(=O)N(CCCn2ccnc2)c2nc3c(F)cc(F)cc3s2)c(C)o1.Cl. The minimum absolute atomic E-state index is 0. The minimum Gasteiger partial charge on any atom is -0.466 e. The first-order valence-corrected chi connectivity index (χ1v) is 9.84. The first kappa shape index (κ1) is 21.9. The number of rotatable bonds is 6. The summed E-state index contributed by atoms with van der Waals surface area (Å²) in [6, 6.07) is 3.69. The van der Waals surface area contributed by atoms with E-state index < -0.39 is 11.6 Å². The van der Waals surface area contributed by atoms with Gasteiger partial charge in [0.2, 0.25) is 0 Å². The summed E-state index contributed by atoms with van der Waals surface area (Å²) in [6.07, 6.45) is 5.85. The van der Waals surface area contributed by atoms with Gasteiger partial charge in [-0.25, -0.2) is 18.7 Å². The first-order valence-electron chi connectivity index (χ1n) is 9.02. The molecule has 1 amide bonds. The van der Waals surface area contributed by atoms with Crippen molar-refractivity contribution in [2.75, 3.05) is 11.4 Å². The Hall–Kier alpha value is -2.78. The summed E-state index contributed by atoms with van der Waals surface area (Å²) < 4.78 is 35.5. The molecule has 10 heteroatoms. The van der Waals surface area contributed by atoms with Crippen molar-refractivity contribution in [2.45, 2.75) is 26.8 Å². The van der Waals surface area contributed by atoms with Gasteiger partial charge in [-0.3, -0.25) is 9.69 Å².